The van der Waals surface area contributed by atoms with Gasteiger partial charge >= 0.3 is 5.97 Å². The number of nitrogens with two attached hydrogens (primary N) is 1. The molecule has 2 rings (SSSR count). The molecule has 1 heterocycles. The summed E-state index contributed by atoms with van der Waals surface area (Å²) in [5.74, 6) is -0.264. The van der Waals surface area contributed by atoms with Crippen molar-refractivity contribution in [2.75, 3.05) is 18.5 Å². The number of aromatic nitrogens is 2. The number of rotatable bonds is 6. The van der Waals surface area contributed by atoms with Gasteiger partial charge in [0.2, 0.25) is 0 Å². The molecule has 7 heteroatoms. The molecule has 0 aliphatic heterocycles. The van der Waals surface area contributed by atoms with Crippen LogP contribution in [0.4, 0.5) is 5.82 Å². The molecule has 1 saturated carbocycles. The molecule has 1 aromatic heterocycles. The molecule has 1 aliphatic carbocycles. The third kappa shape index (κ3) is 3.48. The zero-order valence-corrected chi connectivity index (χ0v) is 12.1. The second-order valence-corrected chi connectivity index (χ2v) is 5.23. The van der Waals surface area contributed by atoms with Crippen LogP contribution in [-0.4, -0.2) is 35.2 Å². The van der Waals surface area contributed by atoms with Gasteiger partial charge < -0.3 is 15.8 Å². The van der Waals surface area contributed by atoms with Crippen LogP contribution in [0.25, 0.3) is 0 Å². The van der Waals surface area contributed by atoms with E-state index in [1.807, 2.05) is 6.92 Å². The molecule has 1 amide bonds. The second kappa shape index (κ2) is 6.51. The lowest BCUT2D eigenvalue weighted by atomic mass is 9.86. The topological polar surface area (TPSA) is 107 Å². The van der Waals surface area contributed by atoms with Gasteiger partial charge in [0.25, 0.3) is 5.91 Å². The number of nitrogens with one attached hydrogen (secondary N) is 1. The van der Waals surface area contributed by atoms with Crippen LogP contribution in [-0.2, 0) is 9.53 Å². The first-order valence-electron chi connectivity index (χ1n) is 7.12. The molecule has 0 unspecified atom stereocenters. The standard InChI is InChI=1S/C14H20N4O3/c1-2-21-13(20)14(7-3-4-8-14)9-16-11-6-5-10(12(15)19)17-18-11/h5-6H,2-4,7-9H2,1H3,(H2,15,19)(H,16,18). The molecule has 0 saturated heterocycles. The number of ether oxygens (including phenoxy) is 1. The molecule has 0 spiro atoms. The number of nitrogens with zero attached hydrogens (tertiary/aromatic N) is 2. The average molecular weight is 292 g/mol. The lowest BCUT2D eigenvalue weighted by Crippen LogP contribution is -2.37. The third-order valence-electron chi connectivity index (χ3n) is 3.79. The Morgan fingerprint density at radius 3 is 2.57 bits per heavy atom. The van der Waals surface area contributed by atoms with Crippen molar-refractivity contribution in [1.82, 2.24) is 10.2 Å². The van der Waals surface area contributed by atoms with E-state index < -0.39 is 11.3 Å². The number of carbonyl (C=O) groups is 2. The van der Waals surface area contributed by atoms with Crippen molar-refractivity contribution in [2.45, 2.75) is 32.6 Å². The van der Waals surface area contributed by atoms with Gasteiger partial charge in [-0.1, -0.05) is 12.8 Å². The Bertz CT molecular complexity index is 509. The van der Waals surface area contributed by atoms with Crippen molar-refractivity contribution in [1.29, 1.82) is 0 Å². The predicted molar refractivity (Wildman–Crippen MR) is 76.6 cm³/mol. The van der Waals surface area contributed by atoms with Gasteiger partial charge in [-0.15, -0.1) is 10.2 Å². The van der Waals surface area contributed by atoms with Gasteiger partial charge in [-0.05, 0) is 31.9 Å². The summed E-state index contributed by atoms with van der Waals surface area (Å²) in [6.45, 7) is 2.64. The molecule has 1 fully saturated rings. The minimum absolute atomic E-state index is 0.113. The molecular formula is C14H20N4O3. The Balaban J connectivity index is 2.02. The number of hydrogen-bond donors (Lipinski definition) is 2. The average Bonchev–Trinajstić information content (AvgIpc) is 2.96. The van der Waals surface area contributed by atoms with Gasteiger partial charge in [0.05, 0.1) is 12.0 Å². The van der Waals surface area contributed by atoms with Gasteiger partial charge in [0, 0.05) is 6.54 Å². The molecule has 7 nitrogen and oxygen atoms in total. The molecule has 3 N–H and O–H groups in total. The Kier molecular flexibility index (Phi) is 4.72. The molecule has 0 radical (unpaired) electrons. The van der Waals surface area contributed by atoms with E-state index in [-0.39, 0.29) is 11.7 Å². The van der Waals surface area contributed by atoms with Gasteiger partial charge in [-0.2, -0.15) is 0 Å². The minimum Gasteiger partial charge on any atom is -0.466 e. The summed E-state index contributed by atoms with van der Waals surface area (Å²) in [6, 6.07) is 3.13. The highest BCUT2D eigenvalue weighted by Gasteiger charge is 2.42. The summed E-state index contributed by atoms with van der Waals surface area (Å²) >= 11 is 0. The van der Waals surface area contributed by atoms with Crippen LogP contribution in [0.1, 0.15) is 43.1 Å². The highest BCUT2D eigenvalue weighted by atomic mass is 16.5. The first kappa shape index (κ1) is 15.2. The quantitative estimate of drug-likeness (QED) is 0.760. The zero-order valence-electron chi connectivity index (χ0n) is 12.1. The summed E-state index contributed by atoms with van der Waals surface area (Å²) in [6.07, 6.45) is 3.66. The number of esters is 1. The predicted octanol–water partition coefficient (Wildman–Crippen LogP) is 1.11. The summed E-state index contributed by atoms with van der Waals surface area (Å²) in [5, 5.41) is 10.7. The van der Waals surface area contributed by atoms with Crippen LogP contribution in [0, 0.1) is 5.41 Å². The second-order valence-electron chi connectivity index (χ2n) is 5.23. The van der Waals surface area contributed by atoms with E-state index in [1.165, 1.54) is 6.07 Å². The van der Waals surface area contributed by atoms with Crippen molar-refractivity contribution in [3.8, 4) is 0 Å². The highest BCUT2D eigenvalue weighted by Crippen LogP contribution is 2.39. The summed E-state index contributed by atoms with van der Waals surface area (Å²) in [5.41, 5.74) is 4.73. The monoisotopic (exact) mass is 292 g/mol. The molecule has 0 bridgehead atoms. The van der Waals surface area contributed by atoms with Crippen LogP contribution in [0.3, 0.4) is 0 Å². The number of amides is 1. The molecular weight excluding hydrogens is 272 g/mol. The molecule has 0 atom stereocenters. The van der Waals surface area contributed by atoms with E-state index in [1.54, 1.807) is 6.07 Å². The molecule has 1 aliphatic rings. The van der Waals surface area contributed by atoms with Crippen LogP contribution < -0.4 is 11.1 Å². The minimum atomic E-state index is -0.618. The van der Waals surface area contributed by atoms with Crippen LogP contribution in [0.2, 0.25) is 0 Å². The van der Waals surface area contributed by atoms with Gasteiger partial charge in [-0.3, -0.25) is 9.59 Å². The number of carbonyl (C=O) groups excluding carboxylic acids is 2. The van der Waals surface area contributed by atoms with Crippen LogP contribution >= 0.6 is 0 Å². The van der Waals surface area contributed by atoms with Crippen molar-refractivity contribution >= 4 is 17.7 Å². The Labute approximate surface area is 123 Å². The normalized spacial score (nSPS) is 16.4. The largest absolute Gasteiger partial charge is 0.466 e. The Morgan fingerprint density at radius 1 is 1.33 bits per heavy atom. The first-order valence-corrected chi connectivity index (χ1v) is 7.12. The molecule has 114 valence electrons. The third-order valence-corrected chi connectivity index (χ3v) is 3.79. The molecule has 1 aromatic rings. The lowest BCUT2D eigenvalue weighted by Gasteiger charge is -2.26. The Hall–Kier alpha value is -2.18. The van der Waals surface area contributed by atoms with Crippen molar-refractivity contribution < 1.29 is 14.3 Å². The summed E-state index contributed by atoms with van der Waals surface area (Å²) < 4.78 is 5.19. The number of primary amides is 1. The fourth-order valence-corrected chi connectivity index (χ4v) is 2.61. The van der Waals surface area contributed by atoms with Gasteiger partial charge in [-0.25, -0.2) is 0 Å². The van der Waals surface area contributed by atoms with Crippen LogP contribution in [0.15, 0.2) is 12.1 Å². The van der Waals surface area contributed by atoms with Crippen molar-refractivity contribution in [3.05, 3.63) is 17.8 Å². The summed E-state index contributed by atoms with van der Waals surface area (Å²) in [7, 11) is 0. The lowest BCUT2D eigenvalue weighted by molar-refractivity contribution is -0.154. The number of anilines is 1. The zero-order chi connectivity index (χ0) is 15.3. The summed E-state index contributed by atoms with van der Waals surface area (Å²) in [4.78, 5) is 23.1. The van der Waals surface area contributed by atoms with E-state index >= 15 is 0 Å². The first-order chi connectivity index (χ1) is 10.1. The SMILES string of the molecule is CCOC(=O)C1(CNc2ccc(C(N)=O)nn2)CCCC1. The molecule has 21 heavy (non-hydrogen) atoms. The highest BCUT2D eigenvalue weighted by molar-refractivity contribution is 5.90. The number of hydrogen-bond acceptors (Lipinski definition) is 6. The van der Waals surface area contributed by atoms with E-state index in [0.717, 1.165) is 25.7 Å². The maximum atomic E-state index is 12.2. The van der Waals surface area contributed by atoms with E-state index in [0.29, 0.717) is 19.0 Å². The Morgan fingerprint density at radius 2 is 2.05 bits per heavy atom. The van der Waals surface area contributed by atoms with Crippen LogP contribution in [0.5, 0.6) is 0 Å². The fourth-order valence-electron chi connectivity index (χ4n) is 2.61. The van der Waals surface area contributed by atoms with E-state index in [9.17, 15) is 9.59 Å². The van der Waals surface area contributed by atoms with Crippen molar-refractivity contribution in [3.63, 3.8) is 0 Å². The molecule has 0 aromatic carbocycles. The van der Waals surface area contributed by atoms with E-state index in [2.05, 4.69) is 15.5 Å². The van der Waals surface area contributed by atoms with Crippen molar-refractivity contribution in [2.24, 2.45) is 11.1 Å². The van der Waals surface area contributed by atoms with Gasteiger partial charge in [0.15, 0.2) is 5.69 Å². The fraction of sp³-hybridized carbons (Fsp3) is 0.571. The maximum Gasteiger partial charge on any atom is 0.313 e. The van der Waals surface area contributed by atoms with E-state index in [4.69, 9.17) is 10.5 Å². The maximum absolute atomic E-state index is 12.2. The smallest absolute Gasteiger partial charge is 0.313 e. The van der Waals surface area contributed by atoms with Gasteiger partial charge in [0.1, 0.15) is 5.82 Å².